The molecular formula is C18H19ClN2O. The Morgan fingerprint density at radius 3 is 2.64 bits per heavy atom. The molecule has 3 aromatic rings. The Morgan fingerprint density at radius 1 is 1.18 bits per heavy atom. The first-order valence-electron chi connectivity index (χ1n) is 7.49. The van der Waals surface area contributed by atoms with Crippen LogP contribution in [0.5, 0.6) is 5.75 Å². The topological polar surface area (TPSA) is 26.5 Å². The van der Waals surface area contributed by atoms with E-state index in [1.807, 2.05) is 30.5 Å². The zero-order chi connectivity index (χ0) is 15.5. The summed E-state index contributed by atoms with van der Waals surface area (Å²) in [5.41, 5.74) is 5.12. The van der Waals surface area contributed by atoms with E-state index < -0.39 is 0 Å². The Labute approximate surface area is 135 Å². The van der Waals surface area contributed by atoms with E-state index in [2.05, 4.69) is 30.4 Å². The highest BCUT2D eigenvalue weighted by atomic mass is 35.5. The van der Waals surface area contributed by atoms with Gasteiger partial charge in [-0.15, -0.1) is 11.6 Å². The van der Waals surface area contributed by atoms with Gasteiger partial charge in [-0.1, -0.05) is 6.92 Å². The van der Waals surface area contributed by atoms with Gasteiger partial charge in [0.15, 0.2) is 0 Å². The number of alkyl halides is 1. The predicted molar refractivity (Wildman–Crippen MR) is 90.7 cm³/mol. The fourth-order valence-electron chi connectivity index (χ4n) is 2.49. The van der Waals surface area contributed by atoms with E-state index in [0.717, 1.165) is 41.4 Å². The number of aromatic nitrogens is 2. The minimum atomic E-state index is 0.424. The van der Waals surface area contributed by atoms with Crippen LogP contribution in [0.3, 0.4) is 0 Å². The summed E-state index contributed by atoms with van der Waals surface area (Å²) in [4.78, 5) is 4.74. The highest BCUT2D eigenvalue weighted by molar-refractivity contribution is 6.17. The number of ether oxygens (including phenoxy) is 1. The van der Waals surface area contributed by atoms with Gasteiger partial charge in [0.25, 0.3) is 0 Å². The average molecular weight is 315 g/mol. The molecule has 0 N–H and O–H groups in total. The minimum absolute atomic E-state index is 0.424. The first-order chi connectivity index (χ1) is 10.7. The van der Waals surface area contributed by atoms with Gasteiger partial charge in [0.1, 0.15) is 11.4 Å². The zero-order valence-electron chi connectivity index (χ0n) is 12.8. The maximum absolute atomic E-state index is 6.16. The molecule has 0 saturated heterocycles. The Bertz CT molecular complexity index is 778. The van der Waals surface area contributed by atoms with Gasteiger partial charge in [0.2, 0.25) is 0 Å². The molecule has 0 unspecified atom stereocenters. The highest BCUT2D eigenvalue weighted by Crippen LogP contribution is 2.27. The molecule has 0 fully saturated rings. The number of benzene rings is 1. The third-order valence-corrected chi connectivity index (χ3v) is 3.86. The predicted octanol–water partition coefficient (Wildman–Crippen LogP) is 4.84. The molecule has 3 rings (SSSR count). The lowest BCUT2D eigenvalue weighted by molar-refractivity contribution is 0.317. The smallest absolute Gasteiger partial charge is 0.137 e. The summed E-state index contributed by atoms with van der Waals surface area (Å²) >= 11 is 6.16. The number of rotatable bonds is 5. The van der Waals surface area contributed by atoms with E-state index in [9.17, 15) is 0 Å². The first-order valence-corrected chi connectivity index (χ1v) is 8.03. The molecule has 22 heavy (non-hydrogen) atoms. The maximum atomic E-state index is 6.16. The summed E-state index contributed by atoms with van der Waals surface area (Å²) in [5, 5.41) is 0. The summed E-state index contributed by atoms with van der Waals surface area (Å²) < 4.78 is 7.68. The summed E-state index contributed by atoms with van der Waals surface area (Å²) in [6, 6.07) is 12.2. The van der Waals surface area contributed by atoms with Crippen LogP contribution in [-0.4, -0.2) is 16.0 Å². The molecule has 0 saturated carbocycles. The van der Waals surface area contributed by atoms with Crippen molar-refractivity contribution in [3.05, 3.63) is 53.9 Å². The van der Waals surface area contributed by atoms with Crippen molar-refractivity contribution in [3.8, 4) is 17.0 Å². The van der Waals surface area contributed by atoms with Gasteiger partial charge in [0, 0.05) is 11.8 Å². The summed E-state index contributed by atoms with van der Waals surface area (Å²) in [7, 11) is 0. The Morgan fingerprint density at radius 2 is 1.95 bits per heavy atom. The number of halogens is 1. The van der Waals surface area contributed by atoms with Crippen molar-refractivity contribution in [1.29, 1.82) is 0 Å². The second kappa shape index (κ2) is 6.41. The molecule has 0 radical (unpaired) electrons. The van der Waals surface area contributed by atoms with Crippen LogP contribution < -0.4 is 4.74 Å². The second-order valence-electron chi connectivity index (χ2n) is 5.35. The van der Waals surface area contributed by atoms with Gasteiger partial charge in [-0.3, -0.25) is 0 Å². The molecule has 1 aromatic carbocycles. The van der Waals surface area contributed by atoms with E-state index >= 15 is 0 Å². The van der Waals surface area contributed by atoms with Gasteiger partial charge < -0.3 is 9.14 Å². The van der Waals surface area contributed by atoms with Crippen molar-refractivity contribution < 1.29 is 4.74 Å². The van der Waals surface area contributed by atoms with Crippen molar-refractivity contribution in [3.63, 3.8) is 0 Å². The number of fused-ring (bicyclic) bond motifs is 1. The molecule has 114 valence electrons. The fourth-order valence-corrected chi connectivity index (χ4v) is 2.74. The largest absolute Gasteiger partial charge is 0.494 e. The van der Waals surface area contributed by atoms with Crippen molar-refractivity contribution >= 4 is 17.2 Å². The maximum Gasteiger partial charge on any atom is 0.137 e. The normalized spacial score (nSPS) is 11.0. The third-order valence-electron chi connectivity index (χ3n) is 3.61. The van der Waals surface area contributed by atoms with Gasteiger partial charge in [-0.2, -0.15) is 0 Å². The van der Waals surface area contributed by atoms with E-state index in [1.165, 1.54) is 5.56 Å². The van der Waals surface area contributed by atoms with Crippen molar-refractivity contribution in [1.82, 2.24) is 9.38 Å². The van der Waals surface area contributed by atoms with Crippen LogP contribution in [0.4, 0.5) is 0 Å². The van der Waals surface area contributed by atoms with Gasteiger partial charge in [0.05, 0.1) is 23.9 Å². The van der Waals surface area contributed by atoms with Gasteiger partial charge in [-0.05, 0) is 55.3 Å². The van der Waals surface area contributed by atoms with Crippen LogP contribution in [0.1, 0.15) is 24.6 Å². The SMILES string of the molecule is CCCOc1ccc(-c2nc3cc(C)ccn3c2CCl)cc1. The summed E-state index contributed by atoms with van der Waals surface area (Å²) in [6.07, 6.45) is 3.03. The fraction of sp³-hybridized carbons (Fsp3) is 0.278. The third kappa shape index (κ3) is 2.81. The Balaban J connectivity index is 2.01. The lowest BCUT2D eigenvalue weighted by Crippen LogP contribution is -1.95. The standard InChI is InChI=1S/C18H19ClN2O/c1-3-10-22-15-6-4-14(5-7-15)18-16(12-19)21-9-8-13(2)11-17(21)20-18/h4-9,11H,3,10,12H2,1-2H3. The summed E-state index contributed by atoms with van der Waals surface area (Å²) in [5.74, 6) is 1.31. The van der Waals surface area contributed by atoms with Crippen LogP contribution >= 0.6 is 11.6 Å². The van der Waals surface area contributed by atoms with Crippen LogP contribution in [0.25, 0.3) is 16.9 Å². The van der Waals surface area contributed by atoms with Crippen LogP contribution in [-0.2, 0) is 5.88 Å². The zero-order valence-corrected chi connectivity index (χ0v) is 13.6. The number of hydrogen-bond donors (Lipinski definition) is 0. The van der Waals surface area contributed by atoms with Gasteiger partial charge >= 0.3 is 0 Å². The number of pyridine rings is 1. The number of imidazole rings is 1. The van der Waals surface area contributed by atoms with E-state index in [4.69, 9.17) is 21.3 Å². The lowest BCUT2D eigenvalue weighted by atomic mass is 10.1. The molecule has 0 amide bonds. The Hall–Kier alpha value is -2.00. The van der Waals surface area contributed by atoms with Crippen LogP contribution in [0, 0.1) is 6.92 Å². The quantitative estimate of drug-likeness (QED) is 0.630. The van der Waals surface area contributed by atoms with Crippen molar-refractivity contribution in [2.75, 3.05) is 6.61 Å². The van der Waals surface area contributed by atoms with E-state index in [1.54, 1.807) is 0 Å². The van der Waals surface area contributed by atoms with Crippen molar-refractivity contribution in [2.45, 2.75) is 26.1 Å². The molecule has 0 aliphatic carbocycles. The molecule has 0 atom stereocenters. The molecule has 2 heterocycles. The Kier molecular flexibility index (Phi) is 4.34. The lowest BCUT2D eigenvalue weighted by Gasteiger charge is -2.06. The minimum Gasteiger partial charge on any atom is -0.494 e. The molecule has 4 heteroatoms. The van der Waals surface area contributed by atoms with Crippen LogP contribution in [0.2, 0.25) is 0 Å². The van der Waals surface area contributed by atoms with E-state index in [-0.39, 0.29) is 0 Å². The first kappa shape index (κ1) is 14.9. The molecule has 0 spiro atoms. The second-order valence-corrected chi connectivity index (χ2v) is 5.61. The summed E-state index contributed by atoms with van der Waals surface area (Å²) in [6.45, 7) is 4.90. The number of hydrogen-bond acceptors (Lipinski definition) is 2. The number of aryl methyl sites for hydroxylation is 1. The number of nitrogens with zero attached hydrogens (tertiary/aromatic N) is 2. The van der Waals surface area contributed by atoms with Crippen LogP contribution in [0.15, 0.2) is 42.6 Å². The van der Waals surface area contributed by atoms with Crippen molar-refractivity contribution in [2.24, 2.45) is 0 Å². The highest BCUT2D eigenvalue weighted by Gasteiger charge is 2.13. The molecule has 0 bridgehead atoms. The molecule has 3 nitrogen and oxygen atoms in total. The monoisotopic (exact) mass is 314 g/mol. The average Bonchev–Trinajstić information content (AvgIpc) is 2.90. The molecular weight excluding hydrogens is 296 g/mol. The molecule has 0 aliphatic rings. The van der Waals surface area contributed by atoms with E-state index in [0.29, 0.717) is 5.88 Å². The van der Waals surface area contributed by atoms with Gasteiger partial charge in [-0.25, -0.2) is 4.98 Å². The molecule has 0 aliphatic heterocycles. The molecule has 2 aromatic heterocycles.